The number of nitrogens with zero attached hydrogens (tertiary/aromatic N) is 2. The molecule has 1 fully saturated rings. The predicted octanol–water partition coefficient (Wildman–Crippen LogP) is 5.15. The maximum Gasteiger partial charge on any atom is 0.235 e. The van der Waals surface area contributed by atoms with Gasteiger partial charge in [-0.2, -0.15) is 0 Å². The first-order valence-corrected chi connectivity index (χ1v) is 11.2. The van der Waals surface area contributed by atoms with Gasteiger partial charge in [-0.15, -0.1) is 12.4 Å². The lowest BCUT2D eigenvalue weighted by Gasteiger charge is -2.37. The van der Waals surface area contributed by atoms with Crippen LogP contribution in [0.3, 0.4) is 0 Å². The van der Waals surface area contributed by atoms with Gasteiger partial charge in [-0.05, 0) is 68.1 Å². The average Bonchev–Trinajstić information content (AvgIpc) is 3.03. The van der Waals surface area contributed by atoms with Crippen molar-refractivity contribution in [3.05, 3.63) is 59.4 Å². The van der Waals surface area contributed by atoms with E-state index in [1.807, 2.05) is 31.2 Å². The fraction of sp³-hybridized carbons (Fsp3) is 0.480. The van der Waals surface area contributed by atoms with Crippen molar-refractivity contribution in [1.29, 1.82) is 0 Å². The highest BCUT2D eigenvalue weighted by Crippen LogP contribution is 2.43. The van der Waals surface area contributed by atoms with E-state index in [1.54, 1.807) is 12.1 Å². The van der Waals surface area contributed by atoms with Gasteiger partial charge in [0.1, 0.15) is 5.82 Å². The van der Waals surface area contributed by atoms with Crippen LogP contribution in [-0.2, 0) is 10.2 Å². The van der Waals surface area contributed by atoms with Gasteiger partial charge in [0, 0.05) is 37.6 Å². The number of carbonyl (C=O) groups is 1. The van der Waals surface area contributed by atoms with E-state index in [9.17, 15) is 9.18 Å². The van der Waals surface area contributed by atoms with Crippen LogP contribution >= 0.6 is 12.4 Å². The Bertz CT molecular complexity index is 913. The van der Waals surface area contributed by atoms with Crippen LogP contribution in [0.2, 0.25) is 0 Å². The molecule has 168 valence electrons. The van der Waals surface area contributed by atoms with Crippen LogP contribution in [0, 0.1) is 12.7 Å². The number of nitrogens with one attached hydrogen (secondary N) is 1. The molecule has 2 heterocycles. The van der Waals surface area contributed by atoms with Crippen molar-refractivity contribution < 1.29 is 9.18 Å². The summed E-state index contributed by atoms with van der Waals surface area (Å²) >= 11 is 0. The largest absolute Gasteiger partial charge is 0.369 e. The molecular weight excluding hydrogens is 413 g/mol. The Morgan fingerprint density at radius 2 is 1.81 bits per heavy atom. The van der Waals surface area contributed by atoms with Gasteiger partial charge in [-0.3, -0.25) is 9.69 Å². The number of hydrogen-bond donors (Lipinski definition) is 1. The number of carbonyl (C=O) groups excluding carboxylic acids is 1. The number of anilines is 2. The molecule has 0 radical (unpaired) electrons. The van der Waals surface area contributed by atoms with Crippen molar-refractivity contribution in [1.82, 2.24) is 4.90 Å². The van der Waals surface area contributed by atoms with E-state index in [0.717, 1.165) is 75.3 Å². The summed E-state index contributed by atoms with van der Waals surface area (Å²) in [7, 11) is 0. The number of aryl methyl sites for hydroxylation is 1. The molecule has 4 rings (SSSR count). The average molecular weight is 446 g/mol. The zero-order valence-electron chi connectivity index (χ0n) is 18.5. The van der Waals surface area contributed by atoms with Gasteiger partial charge in [-0.25, -0.2) is 4.39 Å². The number of rotatable bonds is 7. The zero-order chi connectivity index (χ0) is 21.1. The van der Waals surface area contributed by atoms with Crippen LogP contribution in [0.5, 0.6) is 0 Å². The minimum Gasteiger partial charge on any atom is -0.369 e. The Hall–Kier alpha value is -2.11. The third-order valence-electron chi connectivity index (χ3n) is 6.93. The Balaban J connectivity index is 0.00000272. The second-order valence-electron chi connectivity index (χ2n) is 8.65. The van der Waals surface area contributed by atoms with E-state index in [0.29, 0.717) is 0 Å². The molecule has 0 saturated carbocycles. The van der Waals surface area contributed by atoms with Gasteiger partial charge in [0.15, 0.2) is 0 Å². The summed E-state index contributed by atoms with van der Waals surface area (Å²) in [5.41, 5.74) is 3.93. The summed E-state index contributed by atoms with van der Waals surface area (Å²) in [6, 6.07) is 13.2. The fourth-order valence-electron chi connectivity index (χ4n) is 5.10. The third kappa shape index (κ3) is 4.73. The highest BCUT2D eigenvalue weighted by molar-refractivity contribution is 6.06. The van der Waals surface area contributed by atoms with Crippen LogP contribution in [0.1, 0.15) is 43.7 Å². The zero-order valence-corrected chi connectivity index (χ0v) is 19.3. The van der Waals surface area contributed by atoms with Gasteiger partial charge in [-0.1, -0.05) is 31.5 Å². The summed E-state index contributed by atoms with van der Waals surface area (Å²) in [4.78, 5) is 17.6. The lowest BCUT2D eigenvalue weighted by atomic mass is 9.75. The first-order chi connectivity index (χ1) is 14.5. The van der Waals surface area contributed by atoms with Crippen molar-refractivity contribution in [2.45, 2.75) is 44.9 Å². The van der Waals surface area contributed by atoms with E-state index in [2.05, 4.69) is 28.1 Å². The standard InChI is InChI=1S/C25H32FN3O.ClH/c1-3-25(21-8-4-5-9-22(21)27-24(25)30)12-6-7-13-28-14-16-29(17-15-28)23-11-10-20(26)18-19(23)2;/h4-5,8-11,18H,3,6-7,12-17H2,1-2H3,(H,27,30);1H. The summed E-state index contributed by atoms with van der Waals surface area (Å²) < 4.78 is 13.4. The van der Waals surface area contributed by atoms with Crippen molar-refractivity contribution >= 4 is 29.7 Å². The van der Waals surface area contributed by atoms with Gasteiger partial charge >= 0.3 is 0 Å². The molecule has 1 unspecified atom stereocenters. The first-order valence-electron chi connectivity index (χ1n) is 11.2. The van der Waals surface area contributed by atoms with E-state index >= 15 is 0 Å². The minimum absolute atomic E-state index is 0. The molecule has 4 nitrogen and oxygen atoms in total. The van der Waals surface area contributed by atoms with Crippen molar-refractivity contribution in [2.75, 3.05) is 42.9 Å². The second-order valence-corrected chi connectivity index (χ2v) is 8.65. The number of para-hydroxylation sites is 1. The summed E-state index contributed by atoms with van der Waals surface area (Å²) in [6.07, 6.45) is 3.90. The summed E-state index contributed by atoms with van der Waals surface area (Å²) in [6.45, 7) is 9.17. The molecule has 31 heavy (non-hydrogen) atoms. The van der Waals surface area contributed by atoms with Gasteiger partial charge < -0.3 is 10.2 Å². The number of benzene rings is 2. The van der Waals surface area contributed by atoms with E-state index < -0.39 is 0 Å². The number of fused-ring (bicyclic) bond motifs is 1. The highest BCUT2D eigenvalue weighted by Gasteiger charge is 2.44. The molecule has 0 bridgehead atoms. The maximum atomic E-state index is 13.4. The molecule has 0 aliphatic carbocycles. The number of unbranched alkanes of at least 4 members (excludes halogenated alkanes) is 1. The number of piperazine rings is 1. The van der Waals surface area contributed by atoms with Crippen LogP contribution in [0.25, 0.3) is 0 Å². The van der Waals surface area contributed by atoms with Gasteiger partial charge in [0.05, 0.1) is 5.41 Å². The molecule has 2 aromatic carbocycles. The Morgan fingerprint density at radius 1 is 1.06 bits per heavy atom. The lowest BCUT2D eigenvalue weighted by Crippen LogP contribution is -2.46. The monoisotopic (exact) mass is 445 g/mol. The van der Waals surface area contributed by atoms with Gasteiger partial charge in [0.2, 0.25) is 5.91 Å². The SMILES string of the molecule is CCC1(CCCCN2CCN(c3ccc(F)cc3C)CC2)C(=O)Nc2ccccc21.Cl. The smallest absolute Gasteiger partial charge is 0.235 e. The molecule has 2 aliphatic heterocycles. The quantitative estimate of drug-likeness (QED) is 0.599. The normalized spacial score (nSPS) is 20.9. The molecule has 0 aromatic heterocycles. The summed E-state index contributed by atoms with van der Waals surface area (Å²) in [5, 5.41) is 3.08. The molecule has 1 N–H and O–H groups in total. The Kier molecular flexibility index (Phi) is 7.60. The van der Waals surface area contributed by atoms with Crippen LogP contribution in [0.4, 0.5) is 15.8 Å². The Labute approximate surface area is 191 Å². The third-order valence-corrected chi connectivity index (χ3v) is 6.93. The second kappa shape index (κ2) is 10.0. The maximum absolute atomic E-state index is 13.4. The molecule has 1 saturated heterocycles. The molecule has 2 aromatic rings. The predicted molar refractivity (Wildman–Crippen MR) is 128 cm³/mol. The van der Waals surface area contributed by atoms with E-state index in [4.69, 9.17) is 0 Å². The van der Waals surface area contributed by atoms with Crippen LogP contribution in [0.15, 0.2) is 42.5 Å². The first kappa shape index (κ1) is 23.6. The van der Waals surface area contributed by atoms with Crippen molar-refractivity contribution in [2.24, 2.45) is 0 Å². The van der Waals surface area contributed by atoms with E-state index in [1.165, 1.54) is 5.56 Å². The van der Waals surface area contributed by atoms with Gasteiger partial charge in [0.25, 0.3) is 0 Å². The highest BCUT2D eigenvalue weighted by atomic mass is 35.5. The number of hydrogen-bond acceptors (Lipinski definition) is 3. The number of amides is 1. The molecule has 1 atom stereocenters. The molecular formula is C25H33ClFN3O. The molecule has 6 heteroatoms. The van der Waals surface area contributed by atoms with Crippen molar-refractivity contribution in [3.63, 3.8) is 0 Å². The minimum atomic E-state index is -0.366. The van der Waals surface area contributed by atoms with Crippen LogP contribution in [-0.4, -0.2) is 43.5 Å². The number of halogens is 2. The Morgan fingerprint density at radius 3 is 2.52 bits per heavy atom. The molecule has 0 spiro atoms. The van der Waals surface area contributed by atoms with Crippen LogP contribution < -0.4 is 10.2 Å². The van der Waals surface area contributed by atoms with Crippen molar-refractivity contribution in [3.8, 4) is 0 Å². The summed E-state index contributed by atoms with van der Waals surface area (Å²) in [5.74, 6) is -0.00668. The molecule has 2 aliphatic rings. The van der Waals surface area contributed by atoms with E-state index in [-0.39, 0.29) is 29.5 Å². The lowest BCUT2D eigenvalue weighted by molar-refractivity contribution is -0.121. The fourth-order valence-corrected chi connectivity index (χ4v) is 5.10. The molecule has 1 amide bonds. The topological polar surface area (TPSA) is 35.6 Å².